The summed E-state index contributed by atoms with van der Waals surface area (Å²) in [6, 6.07) is 19.3. The summed E-state index contributed by atoms with van der Waals surface area (Å²) in [7, 11) is 0. The minimum Gasteiger partial charge on any atom is -0.273 e. The maximum atomic E-state index is 12.1. The predicted molar refractivity (Wildman–Crippen MR) is 76.0 cm³/mol. The van der Waals surface area contributed by atoms with E-state index in [4.69, 9.17) is 5.84 Å². The third-order valence-electron chi connectivity index (χ3n) is 3.19. The lowest BCUT2D eigenvalue weighted by atomic mass is 10.1. The second-order valence-electron chi connectivity index (χ2n) is 4.55. The first kappa shape index (κ1) is 13.3. The summed E-state index contributed by atoms with van der Waals surface area (Å²) in [6.07, 6.45) is 0.328. The van der Waals surface area contributed by atoms with Crippen molar-refractivity contribution in [1.29, 1.82) is 0 Å². The van der Waals surface area contributed by atoms with Crippen molar-refractivity contribution in [3.05, 3.63) is 71.8 Å². The van der Waals surface area contributed by atoms with Crippen LogP contribution in [0.3, 0.4) is 0 Å². The molecule has 0 saturated carbocycles. The molecule has 1 amide bonds. The Balaban J connectivity index is 2.03. The van der Waals surface area contributed by atoms with Gasteiger partial charge in [-0.3, -0.25) is 9.80 Å². The van der Waals surface area contributed by atoms with Crippen molar-refractivity contribution in [2.24, 2.45) is 5.84 Å². The van der Waals surface area contributed by atoms with E-state index in [1.165, 1.54) is 5.01 Å². The van der Waals surface area contributed by atoms with Crippen LogP contribution in [0.25, 0.3) is 0 Å². The van der Waals surface area contributed by atoms with E-state index in [2.05, 4.69) is 0 Å². The number of rotatable bonds is 4. The highest BCUT2D eigenvalue weighted by Crippen LogP contribution is 2.17. The number of carbonyl (C=O) groups excluding carboxylic acids is 1. The second-order valence-corrected chi connectivity index (χ2v) is 4.55. The Morgan fingerprint density at radius 3 is 2.16 bits per heavy atom. The van der Waals surface area contributed by atoms with Gasteiger partial charge in [0.05, 0.1) is 12.5 Å². The summed E-state index contributed by atoms with van der Waals surface area (Å²) in [5, 5.41) is 1.31. The lowest BCUT2D eigenvalue weighted by Gasteiger charge is -2.24. The maximum absolute atomic E-state index is 12.1. The molecule has 2 aromatic rings. The van der Waals surface area contributed by atoms with E-state index in [1.807, 2.05) is 67.6 Å². The van der Waals surface area contributed by atoms with E-state index in [-0.39, 0.29) is 11.9 Å². The van der Waals surface area contributed by atoms with Gasteiger partial charge in [0.15, 0.2) is 0 Å². The lowest BCUT2D eigenvalue weighted by Crippen LogP contribution is -2.40. The molecule has 0 fully saturated rings. The molecule has 98 valence electrons. The van der Waals surface area contributed by atoms with Gasteiger partial charge in [0.25, 0.3) is 0 Å². The molecule has 2 rings (SSSR count). The first-order valence-corrected chi connectivity index (χ1v) is 6.34. The van der Waals surface area contributed by atoms with Crippen molar-refractivity contribution in [2.45, 2.75) is 19.4 Å². The van der Waals surface area contributed by atoms with Crippen LogP contribution in [-0.4, -0.2) is 10.9 Å². The van der Waals surface area contributed by atoms with E-state index in [9.17, 15) is 4.79 Å². The fraction of sp³-hybridized carbons (Fsp3) is 0.188. The summed E-state index contributed by atoms with van der Waals surface area (Å²) >= 11 is 0. The molecule has 0 aliphatic carbocycles. The molecule has 0 aromatic heterocycles. The summed E-state index contributed by atoms with van der Waals surface area (Å²) < 4.78 is 0. The molecule has 19 heavy (non-hydrogen) atoms. The standard InChI is InChI=1S/C16H18N2O/c1-13(15-10-6-3-7-11-15)18(17)16(19)12-14-8-4-2-5-9-14/h2-11,13H,12,17H2,1H3/t13-/m1/s1. The quantitative estimate of drug-likeness (QED) is 0.518. The van der Waals surface area contributed by atoms with Crippen LogP contribution < -0.4 is 5.84 Å². The highest BCUT2D eigenvalue weighted by atomic mass is 16.2. The van der Waals surface area contributed by atoms with Gasteiger partial charge < -0.3 is 0 Å². The Kier molecular flexibility index (Phi) is 4.31. The average molecular weight is 254 g/mol. The number of hydrazine groups is 1. The number of amides is 1. The fourth-order valence-electron chi connectivity index (χ4n) is 1.97. The summed E-state index contributed by atoms with van der Waals surface area (Å²) in [5.74, 6) is 5.84. The van der Waals surface area contributed by atoms with Gasteiger partial charge in [-0.1, -0.05) is 60.7 Å². The Morgan fingerprint density at radius 2 is 1.58 bits per heavy atom. The monoisotopic (exact) mass is 254 g/mol. The van der Waals surface area contributed by atoms with Crippen LogP contribution in [0.5, 0.6) is 0 Å². The van der Waals surface area contributed by atoms with Gasteiger partial charge in [-0.15, -0.1) is 0 Å². The lowest BCUT2D eigenvalue weighted by molar-refractivity contribution is -0.133. The van der Waals surface area contributed by atoms with E-state index in [0.29, 0.717) is 6.42 Å². The van der Waals surface area contributed by atoms with Gasteiger partial charge in [0.2, 0.25) is 5.91 Å². The summed E-state index contributed by atoms with van der Waals surface area (Å²) in [6.45, 7) is 1.93. The minimum absolute atomic E-state index is 0.0810. The van der Waals surface area contributed by atoms with Crippen molar-refractivity contribution < 1.29 is 4.79 Å². The van der Waals surface area contributed by atoms with Gasteiger partial charge in [-0.25, -0.2) is 5.84 Å². The van der Waals surface area contributed by atoms with Crippen molar-refractivity contribution >= 4 is 5.91 Å². The highest BCUT2D eigenvalue weighted by Gasteiger charge is 2.18. The molecule has 2 aromatic carbocycles. The predicted octanol–water partition coefficient (Wildman–Crippen LogP) is 2.69. The molecule has 1 atom stereocenters. The molecule has 0 radical (unpaired) electrons. The van der Waals surface area contributed by atoms with Crippen molar-refractivity contribution in [2.75, 3.05) is 0 Å². The Bertz CT molecular complexity index is 525. The molecule has 0 spiro atoms. The van der Waals surface area contributed by atoms with Crippen LogP contribution in [0.15, 0.2) is 60.7 Å². The molecule has 0 aliphatic rings. The van der Waals surface area contributed by atoms with Crippen molar-refractivity contribution in [3.63, 3.8) is 0 Å². The first-order valence-electron chi connectivity index (χ1n) is 6.34. The topological polar surface area (TPSA) is 46.3 Å². The Labute approximate surface area is 113 Å². The smallest absolute Gasteiger partial charge is 0.241 e. The molecule has 0 unspecified atom stereocenters. The zero-order valence-electron chi connectivity index (χ0n) is 11.0. The number of nitrogens with zero attached hydrogens (tertiary/aromatic N) is 1. The van der Waals surface area contributed by atoms with Gasteiger partial charge in [0, 0.05) is 0 Å². The fourth-order valence-corrected chi connectivity index (χ4v) is 1.97. The van der Waals surface area contributed by atoms with Gasteiger partial charge in [0.1, 0.15) is 0 Å². The van der Waals surface area contributed by atoms with Crippen LogP contribution in [0.2, 0.25) is 0 Å². The first-order chi connectivity index (χ1) is 9.18. The van der Waals surface area contributed by atoms with Crippen LogP contribution in [-0.2, 0) is 11.2 Å². The molecule has 0 bridgehead atoms. The van der Waals surface area contributed by atoms with Crippen molar-refractivity contribution in [1.82, 2.24) is 5.01 Å². The number of nitrogens with two attached hydrogens (primary N) is 1. The van der Waals surface area contributed by atoms with Gasteiger partial charge in [-0.2, -0.15) is 0 Å². The highest BCUT2D eigenvalue weighted by molar-refractivity contribution is 5.78. The zero-order valence-corrected chi connectivity index (χ0v) is 11.0. The molecular weight excluding hydrogens is 236 g/mol. The molecule has 0 heterocycles. The second kappa shape index (κ2) is 6.16. The average Bonchev–Trinajstić information content (AvgIpc) is 2.47. The SMILES string of the molecule is C[C@H](c1ccccc1)N(N)C(=O)Cc1ccccc1. The third kappa shape index (κ3) is 3.42. The minimum atomic E-state index is -0.127. The number of carbonyl (C=O) groups is 1. The Morgan fingerprint density at radius 1 is 1.05 bits per heavy atom. The molecule has 0 aliphatic heterocycles. The molecule has 3 heteroatoms. The normalized spacial score (nSPS) is 11.9. The van der Waals surface area contributed by atoms with Crippen LogP contribution in [0.4, 0.5) is 0 Å². The summed E-state index contributed by atoms with van der Waals surface area (Å²) in [5.41, 5.74) is 2.01. The van der Waals surface area contributed by atoms with Crippen molar-refractivity contribution in [3.8, 4) is 0 Å². The van der Waals surface area contributed by atoms with E-state index >= 15 is 0 Å². The van der Waals surface area contributed by atoms with Crippen LogP contribution in [0.1, 0.15) is 24.1 Å². The van der Waals surface area contributed by atoms with E-state index < -0.39 is 0 Å². The number of benzene rings is 2. The summed E-state index contributed by atoms with van der Waals surface area (Å²) in [4.78, 5) is 12.1. The zero-order chi connectivity index (χ0) is 13.7. The molecular formula is C16H18N2O. The Hall–Kier alpha value is -2.13. The number of hydrogen-bond acceptors (Lipinski definition) is 2. The largest absolute Gasteiger partial charge is 0.273 e. The van der Waals surface area contributed by atoms with Gasteiger partial charge >= 0.3 is 0 Å². The van der Waals surface area contributed by atoms with E-state index in [1.54, 1.807) is 0 Å². The number of hydrogen-bond donors (Lipinski definition) is 1. The molecule has 0 saturated heterocycles. The van der Waals surface area contributed by atoms with Crippen LogP contribution >= 0.6 is 0 Å². The third-order valence-corrected chi connectivity index (χ3v) is 3.19. The molecule has 3 nitrogen and oxygen atoms in total. The maximum Gasteiger partial charge on any atom is 0.241 e. The van der Waals surface area contributed by atoms with Crippen LogP contribution in [0, 0.1) is 0 Å². The van der Waals surface area contributed by atoms with Gasteiger partial charge in [-0.05, 0) is 18.1 Å². The molecule has 2 N–H and O–H groups in total. The van der Waals surface area contributed by atoms with E-state index in [0.717, 1.165) is 11.1 Å².